The molecule has 1 fully saturated rings. The number of likely N-dealkylation sites (tertiary alicyclic amines) is 1. The Hall–Kier alpha value is -0.880. The molecule has 1 rings (SSSR count). The highest BCUT2D eigenvalue weighted by Gasteiger charge is 2.37. The van der Waals surface area contributed by atoms with Crippen LogP contribution < -0.4 is 0 Å². The zero-order valence-corrected chi connectivity index (χ0v) is 13.0. The van der Waals surface area contributed by atoms with Crippen molar-refractivity contribution in [3.05, 3.63) is 0 Å². The van der Waals surface area contributed by atoms with Crippen LogP contribution >= 0.6 is 11.8 Å². The highest BCUT2D eigenvalue weighted by Crippen LogP contribution is 2.23. The van der Waals surface area contributed by atoms with E-state index in [-0.39, 0.29) is 22.8 Å². The van der Waals surface area contributed by atoms with Crippen molar-refractivity contribution in [2.24, 2.45) is 0 Å². The van der Waals surface area contributed by atoms with Crippen molar-refractivity contribution in [2.75, 3.05) is 26.0 Å². The number of nitrogens with zero attached hydrogens (tertiary/aromatic N) is 1. The summed E-state index contributed by atoms with van der Waals surface area (Å²) in [6, 6.07) is 0. The maximum absolute atomic E-state index is 11.8. The van der Waals surface area contributed by atoms with E-state index in [9.17, 15) is 14.4 Å². The number of amides is 2. The summed E-state index contributed by atoms with van der Waals surface area (Å²) in [5.41, 5.74) is 0. The maximum atomic E-state index is 11.8. The van der Waals surface area contributed by atoms with Crippen molar-refractivity contribution in [3.63, 3.8) is 0 Å². The largest absolute Gasteiger partial charge is 0.382 e. The third-order valence-electron chi connectivity index (χ3n) is 3.27. The van der Waals surface area contributed by atoms with Crippen LogP contribution in [0.2, 0.25) is 0 Å². The number of hydrogen-bond donors (Lipinski definition) is 0. The molecule has 0 aromatic heterocycles. The Bertz CT molecular complexity index is 359. The number of hydrogen-bond acceptors (Lipinski definition) is 5. The number of thioether (sulfide) groups is 1. The predicted molar refractivity (Wildman–Crippen MR) is 78.6 cm³/mol. The number of carbonyl (C=O) groups is 3. The second-order valence-electron chi connectivity index (χ2n) is 4.75. The summed E-state index contributed by atoms with van der Waals surface area (Å²) in [7, 11) is 0. The van der Waals surface area contributed by atoms with Gasteiger partial charge in [0.2, 0.25) is 11.8 Å². The standard InChI is InChI=1S/C14H23NO4S/c1-3-19-9-5-7-11(16)6-4-8-15-13(17)10-12(20-2)14(15)18/h12H,3-10H2,1-2H3. The van der Waals surface area contributed by atoms with E-state index in [2.05, 4.69) is 0 Å². The SMILES string of the molecule is CCOCCCC(=O)CCCN1C(=O)CC(SC)C1=O. The van der Waals surface area contributed by atoms with E-state index in [4.69, 9.17) is 4.74 Å². The Balaban J connectivity index is 2.19. The van der Waals surface area contributed by atoms with E-state index >= 15 is 0 Å². The monoisotopic (exact) mass is 301 g/mol. The first-order valence-corrected chi connectivity index (χ1v) is 8.35. The van der Waals surface area contributed by atoms with E-state index < -0.39 is 0 Å². The second-order valence-corrected chi connectivity index (χ2v) is 5.80. The number of ether oxygens (including phenoxy) is 1. The molecule has 0 radical (unpaired) electrons. The molecular formula is C14H23NO4S. The summed E-state index contributed by atoms with van der Waals surface area (Å²) in [6.45, 7) is 3.57. The molecule has 1 saturated heterocycles. The number of carbonyl (C=O) groups excluding carboxylic acids is 3. The molecule has 5 nitrogen and oxygen atoms in total. The smallest absolute Gasteiger partial charge is 0.242 e. The van der Waals surface area contributed by atoms with Crippen molar-refractivity contribution < 1.29 is 19.1 Å². The van der Waals surface area contributed by atoms with Gasteiger partial charge in [-0.3, -0.25) is 19.3 Å². The van der Waals surface area contributed by atoms with Crippen LogP contribution in [-0.4, -0.2) is 53.8 Å². The number of rotatable bonds is 10. The summed E-state index contributed by atoms with van der Waals surface area (Å²) in [5.74, 6) is -0.0466. The first kappa shape index (κ1) is 17.2. The minimum Gasteiger partial charge on any atom is -0.382 e. The molecule has 0 N–H and O–H groups in total. The van der Waals surface area contributed by atoms with Gasteiger partial charge in [0.15, 0.2) is 0 Å². The van der Waals surface area contributed by atoms with E-state index in [0.29, 0.717) is 45.4 Å². The molecule has 1 aliphatic heterocycles. The lowest BCUT2D eigenvalue weighted by atomic mass is 10.1. The number of ketones is 1. The van der Waals surface area contributed by atoms with Gasteiger partial charge in [0.05, 0.1) is 5.25 Å². The normalized spacial score (nSPS) is 18.9. The Morgan fingerprint density at radius 2 is 2.05 bits per heavy atom. The van der Waals surface area contributed by atoms with Crippen LogP contribution in [0.4, 0.5) is 0 Å². The lowest BCUT2D eigenvalue weighted by molar-refractivity contribution is -0.138. The van der Waals surface area contributed by atoms with E-state index in [0.717, 1.165) is 6.42 Å². The van der Waals surface area contributed by atoms with Crippen LogP contribution in [0.5, 0.6) is 0 Å². The molecule has 0 spiro atoms. The minimum atomic E-state index is -0.232. The lowest BCUT2D eigenvalue weighted by Gasteiger charge is -2.13. The van der Waals surface area contributed by atoms with Crippen molar-refractivity contribution in [1.29, 1.82) is 0 Å². The van der Waals surface area contributed by atoms with Gasteiger partial charge in [0.25, 0.3) is 0 Å². The highest BCUT2D eigenvalue weighted by molar-refractivity contribution is 8.00. The fourth-order valence-electron chi connectivity index (χ4n) is 2.15. The van der Waals surface area contributed by atoms with E-state index in [1.807, 2.05) is 13.2 Å². The van der Waals surface area contributed by atoms with Crippen LogP contribution in [0.3, 0.4) is 0 Å². The average molecular weight is 301 g/mol. The molecular weight excluding hydrogens is 278 g/mol. The van der Waals surface area contributed by atoms with Gasteiger partial charge in [0, 0.05) is 39.0 Å². The molecule has 0 bridgehead atoms. The zero-order valence-electron chi connectivity index (χ0n) is 12.2. The van der Waals surface area contributed by atoms with Gasteiger partial charge < -0.3 is 4.74 Å². The maximum Gasteiger partial charge on any atom is 0.242 e. The molecule has 1 aliphatic rings. The fraction of sp³-hybridized carbons (Fsp3) is 0.786. The fourth-order valence-corrected chi connectivity index (χ4v) is 2.79. The van der Waals surface area contributed by atoms with Gasteiger partial charge in [-0.05, 0) is 26.0 Å². The molecule has 1 heterocycles. The van der Waals surface area contributed by atoms with Gasteiger partial charge in [-0.2, -0.15) is 11.8 Å². The molecule has 0 aliphatic carbocycles. The average Bonchev–Trinajstić information content (AvgIpc) is 2.70. The van der Waals surface area contributed by atoms with E-state index in [1.54, 1.807) is 0 Å². The summed E-state index contributed by atoms with van der Waals surface area (Å²) in [6.07, 6.45) is 4.36. The van der Waals surface area contributed by atoms with Crippen LogP contribution in [0.15, 0.2) is 0 Å². The predicted octanol–water partition coefficient (Wildman–Crippen LogP) is 1.64. The molecule has 114 valence electrons. The minimum absolute atomic E-state index is 0.105. The van der Waals surface area contributed by atoms with Gasteiger partial charge >= 0.3 is 0 Å². The highest BCUT2D eigenvalue weighted by atomic mass is 32.2. The molecule has 6 heteroatoms. The summed E-state index contributed by atoms with van der Waals surface area (Å²) < 4.78 is 5.17. The first-order valence-electron chi connectivity index (χ1n) is 7.06. The van der Waals surface area contributed by atoms with Gasteiger partial charge in [-0.1, -0.05) is 0 Å². The summed E-state index contributed by atoms with van der Waals surface area (Å²) in [4.78, 5) is 36.4. The third-order valence-corrected chi connectivity index (χ3v) is 4.21. The van der Waals surface area contributed by atoms with Crippen LogP contribution in [0, 0.1) is 0 Å². The van der Waals surface area contributed by atoms with E-state index in [1.165, 1.54) is 16.7 Å². The topological polar surface area (TPSA) is 63.7 Å². The zero-order chi connectivity index (χ0) is 15.0. The summed E-state index contributed by atoms with van der Waals surface area (Å²) in [5, 5.41) is -0.232. The first-order chi connectivity index (χ1) is 9.60. The van der Waals surface area contributed by atoms with Crippen LogP contribution in [-0.2, 0) is 19.1 Å². The van der Waals surface area contributed by atoms with Crippen LogP contribution in [0.1, 0.15) is 39.0 Å². The Labute approximate surface area is 124 Å². The summed E-state index contributed by atoms with van der Waals surface area (Å²) >= 11 is 1.41. The third kappa shape index (κ3) is 5.25. The molecule has 1 unspecified atom stereocenters. The van der Waals surface area contributed by atoms with Crippen molar-refractivity contribution in [2.45, 2.75) is 44.3 Å². The van der Waals surface area contributed by atoms with Crippen LogP contribution in [0.25, 0.3) is 0 Å². The van der Waals surface area contributed by atoms with Gasteiger partial charge in [0.1, 0.15) is 5.78 Å². The Morgan fingerprint density at radius 3 is 2.65 bits per heavy atom. The van der Waals surface area contributed by atoms with Gasteiger partial charge in [-0.25, -0.2) is 0 Å². The lowest BCUT2D eigenvalue weighted by Crippen LogP contribution is -2.32. The van der Waals surface area contributed by atoms with Crippen molar-refractivity contribution in [3.8, 4) is 0 Å². The Morgan fingerprint density at radius 1 is 1.35 bits per heavy atom. The molecule has 0 aromatic carbocycles. The van der Waals surface area contributed by atoms with Crippen molar-refractivity contribution in [1.82, 2.24) is 4.90 Å². The molecule has 2 amide bonds. The molecule has 0 saturated carbocycles. The number of imide groups is 1. The molecule has 1 atom stereocenters. The molecule has 20 heavy (non-hydrogen) atoms. The quantitative estimate of drug-likeness (QED) is 0.453. The Kier molecular flexibility index (Phi) is 7.84. The van der Waals surface area contributed by atoms with Crippen molar-refractivity contribution >= 4 is 29.4 Å². The second kappa shape index (κ2) is 9.13. The molecule has 0 aromatic rings. The van der Waals surface area contributed by atoms with Gasteiger partial charge in [-0.15, -0.1) is 0 Å². The number of Topliss-reactive ketones (excluding diaryl/α,β-unsaturated/α-hetero) is 1.